The molecule has 3 heteroatoms. The summed E-state index contributed by atoms with van der Waals surface area (Å²) in [4.78, 5) is 0. The molecule has 1 unspecified atom stereocenters. The van der Waals surface area contributed by atoms with Gasteiger partial charge >= 0.3 is 0 Å². The lowest BCUT2D eigenvalue weighted by molar-refractivity contribution is 0.150. The van der Waals surface area contributed by atoms with Crippen molar-refractivity contribution >= 4 is 0 Å². The molecule has 0 saturated carbocycles. The third-order valence-electron chi connectivity index (χ3n) is 1.48. The maximum absolute atomic E-state index is 9.26. The molecule has 0 bridgehead atoms. The van der Waals surface area contributed by atoms with E-state index in [0.29, 0.717) is 18.1 Å². The highest BCUT2D eigenvalue weighted by atomic mass is 16.5. The molecule has 1 aromatic heterocycles. The van der Waals surface area contributed by atoms with Gasteiger partial charge < -0.3 is 14.3 Å². The minimum absolute atomic E-state index is 0.420. The normalized spacial score (nSPS) is 12.8. The van der Waals surface area contributed by atoms with E-state index < -0.39 is 6.10 Å². The molecular weight excluding hydrogens is 156 g/mol. The Balaban J connectivity index is 2.69. The number of aliphatic hydroxyl groups excluding tert-OH is 1. The van der Waals surface area contributed by atoms with E-state index in [-0.39, 0.29) is 0 Å². The average molecular weight is 168 g/mol. The van der Waals surface area contributed by atoms with Gasteiger partial charge in [-0.05, 0) is 12.1 Å². The molecule has 0 aromatic carbocycles. The van der Waals surface area contributed by atoms with Gasteiger partial charge in [0.05, 0.1) is 0 Å². The van der Waals surface area contributed by atoms with Gasteiger partial charge in [0.1, 0.15) is 24.2 Å². The Bertz CT molecular complexity index is 252. The van der Waals surface area contributed by atoms with Crippen LogP contribution in [0.15, 0.2) is 29.2 Å². The summed E-state index contributed by atoms with van der Waals surface area (Å²) >= 11 is 0. The lowest BCUT2D eigenvalue weighted by atomic mass is 10.3. The highest BCUT2D eigenvalue weighted by molar-refractivity contribution is 5.11. The molecule has 1 heterocycles. The second-order valence-corrected chi connectivity index (χ2v) is 2.42. The first kappa shape index (κ1) is 9.03. The maximum atomic E-state index is 9.26. The van der Waals surface area contributed by atoms with Crippen LogP contribution >= 0.6 is 0 Å². The molecular formula is C9H12O3. The molecule has 0 amide bonds. The van der Waals surface area contributed by atoms with Gasteiger partial charge in [0, 0.05) is 7.11 Å². The van der Waals surface area contributed by atoms with E-state index in [9.17, 15) is 5.11 Å². The maximum Gasteiger partial charge on any atom is 0.136 e. The molecule has 1 atom stereocenters. The number of furan rings is 1. The fourth-order valence-corrected chi connectivity index (χ4v) is 0.889. The Labute approximate surface area is 71.3 Å². The van der Waals surface area contributed by atoms with E-state index in [1.165, 1.54) is 6.08 Å². The third kappa shape index (κ3) is 1.96. The molecule has 0 aliphatic heterocycles. The Morgan fingerprint density at radius 1 is 1.75 bits per heavy atom. The molecule has 0 radical (unpaired) electrons. The highest BCUT2D eigenvalue weighted by Gasteiger charge is 2.07. The van der Waals surface area contributed by atoms with Crippen molar-refractivity contribution in [2.45, 2.75) is 12.7 Å². The van der Waals surface area contributed by atoms with E-state index in [0.717, 1.165) is 0 Å². The van der Waals surface area contributed by atoms with Crippen molar-refractivity contribution in [2.24, 2.45) is 0 Å². The van der Waals surface area contributed by atoms with Crippen molar-refractivity contribution in [1.29, 1.82) is 0 Å². The van der Waals surface area contributed by atoms with Crippen molar-refractivity contribution in [3.63, 3.8) is 0 Å². The molecule has 66 valence electrons. The fraction of sp³-hybridized carbons (Fsp3) is 0.333. The highest BCUT2D eigenvalue weighted by Crippen LogP contribution is 2.17. The minimum atomic E-state index is -0.726. The van der Waals surface area contributed by atoms with Crippen LogP contribution in [0.2, 0.25) is 0 Å². The van der Waals surface area contributed by atoms with Crippen LogP contribution in [-0.4, -0.2) is 12.2 Å². The predicted molar refractivity (Wildman–Crippen MR) is 44.6 cm³/mol. The zero-order valence-corrected chi connectivity index (χ0v) is 6.99. The Morgan fingerprint density at radius 3 is 3.08 bits per heavy atom. The number of rotatable bonds is 4. The monoisotopic (exact) mass is 168 g/mol. The minimum Gasteiger partial charge on any atom is -0.461 e. The largest absolute Gasteiger partial charge is 0.461 e. The average Bonchev–Trinajstić information content (AvgIpc) is 2.52. The van der Waals surface area contributed by atoms with Gasteiger partial charge in [-0.25, -0.2) is 0 Å². The van der Waals surface area contributed by atoms with Gasteiger partial charge in [-0.3, -0.25) is 0 Å². The van der Waals surface area contributed by atoms with Gasteiger partial charge in [0.25, 0.3) is 0 Å². The van der Waals surface area contributed by atoms with Crippen molar-refractivity contribution in [1.82, 2.24) is 0 Å². The van der Waals surface area contributed by atoms with Crippen LogP contribution in [0.3, 0.4) is 0 Å². The summed E-state index contributed by atoms with van der Waals surface area (Å²) in [6.45, 7) is 3.87. The van der Waals surface area contributed by atoms with Crippen molar-refractivity contribution in [3.8, 4) is 0 Å². The molecule has 1 N–H and O–H groups in total. The summed E-state index contributed by atoms with van der Waals surface area (Å²) in [6.07, 6.45) is 0.686. The summed E-state index contributed by atoms with van der Waals surface area (Å²) in [5, 5.41) is 9.26. The van der Waals surface area contributed by atoms with Crippen LogP contribution in [0.1, 0.15) is 17.6 Å². The van der Waals surface area contributed by atoms with Crippen molar-refractivity contribution < 1.29 is 14.3 Å². The van der Waals surface area contributed by atoms with E-state index >= 15 is 0 Å². The van der Waals surface area contributed by atoms with Gasteiger partial charge in [-0.2, -0.15) is 0 Å². The summed E-state index contributed by atoms with van der Waals surface area (Å²) in [5.74, 6) is 1.20. The molecule has 0 aliphatic rings. The topological polar surface area (TPSA) is 42.6 Å². The summed E-state index contributed by atoms with van der Waals surface area (Å²) < 4.78 is 10.1. The molecule has 0 fully saturated rings. The molecule has 0 spiro atoms. The Hall–Kier alpha value is -1.06. The predicted octanol–water partition coefficient (Wildman–Crippen LogP) is 1.65. The Kier molecular flexibility index (Phi) is 3.08. The summed E-state index contributed by atoms with van der Waals surface area (Å²) in [5.41, 5.74) is 0. The van der Waals surface area contributed by atoms with Crippen molar-refractivity contribution in [3.05, 3.63) is 36.3 Å². The zero-order chi connectivity index (χ0) is 8.97. The number of methoxy groups -OCH3 is 1. The molecule has 0 aliphatic carbocycles. The number of hydrogen-bond acceptors (Lipinski definition) is 3. The van der Waals surface area contributed by atoms with Crippen molar-refractivity contribution in [2.75, 3.05) is 7.11 Å². The van der Waals surface area contributed by atoms with Crippen LogP contribution in [0.4, 0.5) is 0 Å². The fourth-order valence-electron chi connectivity index (χ4n) is 0.889. The number of aliphatic hydroxyl groups is 1. The molecule has 1 rings (SSSR count). The first-order chi connectivity index (χ1) is 5.77. The van der Waals surface area contributed by atoms with Crippen LogP contribution in [0.25, 0.3) is 0 Å². The van der Waals surface area contributed by atoms with E-state index in [2.05, 4.69) is 6.58 Å². The first-order valence-corrected chi connectivity index (χ1v) is 3.66. The molecule has 3 nitrogen and oxygen atoms in total. The van der Waals surface area contributed by atoms with Gasteiger partial charge in [-0.15, -0.1) is 6.58 Å². The second-order valence-electron chi connectivity index (χ2n) is 2.42. The molecule has 1 aromatic rings. The zero-order valence-electron chi connectivity index (χ0n) is 6.99. The van der Waals surface area contributed by atoms with E-state index in [1.54, 1.807) is 19.2 Å². The quantitative estimate of drug-likeness (QED) is 0.695. The van der Waals surface area contributed by atoms with Crippen LogP contribution in [-0.2, 0) is 11.3 Å². The SMILES string of the molecule is C=CC(O)c1ccc(COC)o1. The number of hydrogen-bond donors (Lipinski definition) is 1. The standard InChI is InChI=1S/C9H12O3/c1-3-8(10)9-5-4-7(12-9)6-11-2/h3-5,8,10H,1,6H2,2H3. The first-order valence-electron chi connectivity index (χ1n) is 3.66. The molecule has 12 heavy (non-hydrogen) atoms. The lowest BCUT2D eigenvalue weighted by Crippen LogP contribution is -1.88. The van der Waals surface area contributed by atoms with Gasteiger partial charge in [0.2, 0.25) is 0 Å². The number of ether oxygens (including phenoxy) is 1. The summed E-state index contributed by atoms with van der Waals surface area (Å²) in [6, 6.07) is 3.48. The van der Waals surface area contributed by atoms with E-state index in [1.807, 2.05) is 0 Å². The Morgan fingerprint density at radius 2 is 2.50 bits per heavy atom. The van der Waals surface area contributed by atoms with Crippen LogP contribution in [0, 0.1) is 0 Å². The van der Waals surface area contributed by atoms with E-state index in [4.69, 9.17) is 9.15 Å². The smallest absolute Gasteiger partial charge is 0.136 e. The summed E-state index contributed by atoms with van der Waals surface area (Å²) in [7, 11) is 1.59. The second kappa shape index (κ2) is 4.09. The third-order valence-corrected chi connectivity index (χ3v) is 1.48. The van der Waals surface area contributed by atoms with Crippen LogP contribution < -0.4 is 0 Å². The van der Waals surface area contributed by atoms with Gasteiger partial charge in [-0.1, -0.05) is 6.08 Å². The van der Waals surface area contributed by atoms with Crippen LogP contribution in [0.5, 0.6) is 0 Å². The lowest BCUT2D eigenvalue weighted by Gasteiger charge is -1.99. The molecule has 0 saturated heterocycles. The van der Waals surface area contributed by atoms with Gasteiger partial charge in [0.15, 0.2) is 0 Å².